The lowest BCUT2D eigenvalue weighted by Crippen LogP contribution is -1.99. The summed E-state index contributed by atoms with van der Waals surface area (Å²) >= 11 is 9.20. The number of nitriles is 1. The van der Waals surface area contributed by atoms with Crippen LogP contribution in [0.2, 0.25) is 5.02 Å². The average molecular weight is 327 g/mol. The van der Waals surface area contributed by atoms with Crippen LogP contribution >= 0.6 is 27.5 Å². The molecule has 0 aliphatic rings. The monoisotopic (exact) mass is 325 g/mol. The molecule has 0 aliphatic carbocycles. The number of rotatable bonds is 2. The van der Waals surface area contributed by atoms with Gasteiger partial charge in [0.25, 0.3) is 0 Å². The van der Waals surface area contributed by atoms with Gasteiger partial charge in [0.15, 0.2) is 5.82 Å². The molecule has 0 saturated heterocycles. The molecular weight excluding hydrogens is 321 g/mol. The van der Waals surface area contributed by atoms with Gasteiger partial charge in [-0.05, 0) is 34.1 Å². The van der Waals surface area contributed by atoms with Crippen LogP contribution in [0.3, 0.4) is 0 Å². The molecule has 0 fully saturated rings. The maximum Gasteiger partial charge on any atom is 0.150 e. The summed E-state index contributed by atoms with van der Waals surface area (Å²) < 4.78 is 14.2. The third-order valence-electron chi connectivity index (χ3n) is 2.22. The number of hydrogen-bond donors (Lipinski definition) is 1. The molecule has 0 atom stereocenters. The third kappa shape index (κ3) is 2.45. The van der Waals surface area contributed by atoms with Gasteiger partial charge in [-0.15, -0.1) is 0 Å². The summed E-state index contributed by atoms with van der Waals surface area (Å²) in [5, 5.41) is 11.8. The van der Waals surface area contributed by atoms with E-state index in [2.05, 4.69) is 26.2 Å². The molecular formula is C12H6BrClFN3. The first kappa shape index (κ1) is 12.8. The predicted molar refractivity (Wildman–Crippen MR) is 71.3 cm³/mol. The summed E-state index contributed by atoms with van der Waals surface area (Å²) in [6.45, 7) is 0. The SMILES string of the molecule is N#Cc1ccnc(Nc2c(F)cccc2Br)c1Cl. The highest BCUT2D eigenvalue weighted by Gasteiger charge is 2.11. The van der Waals surface area contributed by atoms with Crippen LogP contribution < -0.4 is 5.32 Å². The van der Waals surface area contributed by atoms with E-state index in [1.165, 1.54) is 18.3 Å². The van der Waals surface area contributed by atoms with Crippen molar-refractivity contribution in [3.05, 3.63) is 51.3 Å². The molecule has 0 radical (unpaired) electrons. The molecule has 1 heterocycles. The molecule has 0 unspecified atom stereocenters. The van der Waals surface area contributed by atoms with Crippen LogP contribution in [0.1, 0.15) is 5.56 Å². The Balaban J connectivity index is 2.44. The van der Waals surface area contributed by atoms with Crippen LogP contribution in [-0.4, -0.2) is 4.98 Å². The van der Waals surface area contributed by atoms with Crippen molar-refractivity contribution in [1.82, 2.24) is 4.98 Å². The van der Waals surface area contributed by atoms with Crippen molar-refractivity contribution in [1.29, 1.82) is 5.26 Å². The Hall–Kier alpha value is -1.64. The summed E-state index contributed by atoms with van der Waals surface area (Å²) in [5.74, 6) is -0.203. The first-order valence-electron chi connectivity index (χ1n) is 4.89. The van der Waals surface area contributed by atoms with Crippen LogP contribution in [-0.2, 0) is 0 Å². The van der Waals surface area contributed by atoms with Gasteiger partial charge in [0.05, 0.1) is 11.3 Å². The van der Waals surface area contributed by atoms with Crippen molar-refractivity contribution in [3.8, 4) is 6.07 Å². The fraction of sp³-hybridized carbons (Fsp3) is 0. The molecule has 0 amide bonds. The Morgan fingerprint density at radius 2 is 2.17 bits per heavy atom. The molecule has 0 bridgehead atoms. The number of aromatic nitrogens is 1. The fourth-order valence-electron chi connectivity index (χ4n) is 1.35. The molecule has 1 N–H and O–H groups in total. The highest BCUT2D eigenvalue weighted by atomic mass is 79.9. The van der Waals surface area contributed by atoms with Crippen molar-refractivity contribution in [2.45, 2.75) is 0 Å². The van der Waals surface area contributed by atoms with Crippen molar-refractivity contribution >= 4 is 39.0 Å². The van der Waals surface area contributed by atoms with Gasteiger partial charge in [0.2, 0.25) is 0 Å². The fourth-order valence-corrected chi connectivity index (χ4v) is 2.00. The number of hydrogen-bond acceptors (Lipinski definition) is 3. The van der Waals surface area contributed by atoms with Crippen molar-refractivity contribution in [2.75, 3.05) is 5.32 Å². The number of para-hydroxylation sites is 1. The van der Waals surface area contributed by atoms with E-state index in [9.17, 15) is 4.39 Å². The first-order chi connectivity index (χ1) is 8.63. The maximum absolute atomic E-state index is 13.6. The van der Waals surface area contributed by atoms with Crippen LogP contribution in [0.25, 0.3) is 0 Å². The van der Waals surface area contributed by atoms with Gasteiger partial charge in [0, 0.05) is 10.7 Å². The molecule has 18 heavy (non-hydrogen) atoms. The molecule has 6 heteroatoms. The number of nitrogens with one attached hydrogen (secondary N) is 1. The minimum absolute atomic E-state index is 0.162. The molecule has 0 spiro atoms. The average Bonchev–Trinajstić information content (AvgIpc) is 2.36. The zero-order valence-corrected chi connectivity index (χ0v) is 11.3. The quantitative estimate of drug-likeness (QED) is 0.897. The lowest BCUT2D eigenvalue weighted by molar-refractivity contribution is 0.631. The Labute approximate surface area is 116 Å². The molecule has 90 valence electrons. The van der Waals surface area contributed by atoms with Crippen LogP contribution in [0.5, 0.6) is 0 Å². The van der Waals surface area contributed by atoms with E-state index in [1.807, 2.05) is 6.07 Å². The Morgan fingerprint density at radius 1 is 1.39 bits per heavy atom. The Kier molecular flexibility index (Phi) is 3.80. The first-order valence-corrected chi connectivity index (χ1v) is 6.06. The maximum atomic E-state index is 13.6. The van der Waals surface area contributed by atoms with Gasteiger partial charge < -0.3 is 5.32 Å². The molecule has 2 aromatic rings. The second-order valence-electron chi connectivity index (χ2n) is 3.35. The van der Waals surface area contributed by atoms with E-state index < -0.39 is 5.82 Å². The van der Waals surface area contributed by atoms with Gasteiger partial charge in [-0.25, -0.2) is 9.37 Å². The Morgan fingerprint density at radius 3 is 2.83 bits per heavy atom. The summed E-state index contributed by atoms with van der Waals surface area (Å²) in [6, 6.07) is 8.00. The highest BCUT2D eigenvalue weighted by molar-refractivity contribution is 9.10. The third-order valence-corrected chi connectivity index (χ3v) is 3.26. The summed E-state index contributed by atoms with van der Waals surface area (Å²) in [5.41, 5.74) is 0.503. The molecule has 0 aliphatic heterocycles. The number of nitrogens with zero attached hydrogens (tertiary/aromatic N) is 2. The number of halogens is 3. The van der Waals surface area contributed by atoms with Gasteiger partial charge in [-0.2, -0.15) is 5.26 Å². The number of benzene rings is 1. The minimum Gasteiger partial charge on any atom is -0.336 e. The summed E-state index contributed by atoms with van der Waals surface area (Å²) in [7, 11) is 0. The zero-order valence-electron chi connectivity index (χ0n) is 8.92. The normalized spacial score (nSPS) is 9.89. The van der Waals surface area contributed by atoms with E-state index in [1.54, 1.807) is 12.1 Å². The second-order valence-corrected chi connectivity index (χ2v) is 4.59. The van der Waals surface area contributed by atoms with E-state index in [0.29, 0.717) is 4.47 Å². The molecule has 3 nitrogen and oxygen atoms in total. The van der Waals surface area contributed by atoms with Gasteiger partial charge in [-0.1, -0.05) is 17.7 Å². The van der Waals surface area contributed by atoms with Crippen molar-refractivity contribution < 1.29 is 4.39 Å². The molecule has 1 aromatic carbocycles. The standard InChI is InChI=1S/C12H6BrClFN3/c13-8-2-1-3-9(15)11(8)18-12-10(14)7(6-16)4-5-17-12/h1-5H,(H,17,18). The largest absolute Gasteiger partial charge is 0.336 e. The number of anilines is 2. The predicted octanol–water partition coefficient (Wildman–Crippen LogP) is 4.25. The van der Waals surface area contributed by atoms with Crippen molar-refractivity contribution in [3.63, 3.8) is 0 Å². The van der Waals surface area contributed by atoms with Crippen LogP contribution in [0.4, 0.5) is 15.9 Å². The Bertz CT molecular complexity index is 619. The lowest BCUT2D eigenvalue weighted by Gasteiger charge is -2.10. The van der Waals surface area contributed by atoms with Crippen LogP contribution in [0, 0.1) is 17.1 Å². The smallest absolute Gasteiger partial charge is 0.150 e. The lowest BCUT2D eigenvalue weighted by atomic mass is 10.2. The van der Waals surface area contributed by atoms with Gasteiger partial charge in [-0.3, -0.25) is 0 Å². The van der Waals surface area contributed by atoms with E-state index in [-0.39, 0.29) is 22.1 Å². The van der Waals surface area contributed by atoms with Crippen LogP contribution in [0.15, 0.2) is 34.9 Å². The topological polar surface area (TPSA) is 48.7 Å². The van der Waals surface area contributed by atoms with Gasteiger partial charge >= 0.3 is 0 Å². The molecule has 0 saturated carbocycles. The number of pyridine rings is 1. The van der Waals surface area contributed by atoms with E-state index in [4.69, 9.17) is 16.9 Å². The van der Waals surface area contributed by atoms with Gasteiger partial charge in [0.1, 0.15) is 16.9 Å². The van der Waals surface area contributed by atoms with Crippen molar-refractivity contribution in [2.24, 2.45) is 0 Å². The summed E-state index contributed by atoms with van der Waals surface area (Å²) in [4.78, 5) is 3.98. The second kappa shape index (κ2) is 5.34. The minimum atomic E-state index is -0.440. The molecule has 1 aromatic heterocycles. The summed E-state index contributed by atoms with van der Waals surface area (Å²) in [6.07, 6.45) is 1.43. The molecule has 2 rings (SSSR count). The highest BCUT2D eigenvalue weighted by Crippen LogP contribution is 2.31. The van der Waals surface area contributed by atoms with E-state index >= 15 is 0 Å². The zero-order chi connectivity index (χ0) is 13.1. The van der Waals surface area contributed by atoms with E-state index in [0.717, 1.165) is 0 Å².